The number of amides is 2. The summed E-state index contributed by atoms with van der Waals surface area (Å²) >= 11 is 0. The number of aromatic nitrogens is 2. The highest BCUT2D eigenvalue weighted by atomic mass is 16.2. The minimum absolute atomic E-state index is 0.0158. The lowest BCUT2D eigenvalue weighted by atomic mass is 9.87. The summed E-state index contributed by atoms with van der Waals surface area (Å²) in [4.78, 5) is 35.4. The van der Waals surface area contributed by atoms with E-state index in [-0.39, 0.29) is 17.7 Å². The van der Waals surface area contributed by atoms with Crippen LogP contribution in [-0.4, -0.2) is 32.7 Å². The predicted octanol–water partition coefficient (Wildman–Crippen LogP) is 2.43. The summed E-state index contributed by atoms with van der Waals surface area (Å²) in [5.41, 5.74) is 3.28. The van der Waals surface area contributed by atoms with Gasteiger partial charge in [-0.15, -0.1) is 0 Å². The average Bonchev–Trinajstić information content (AvgIpc) is 3.24. The zero-order valence-electron chi connectivity index (χ0n) is 16.4. The second-order valence-electron chi connectivity index (χ2n) is 7.88. The molecule has 2 amide bonds. The summed E-state index contributed by atoms with van der Waals surface area (Å²) < 4.78 is 0. The molecule has 2 heterocycles. The maximum Gasteiger partial charge on any atom is 0.243 e. The van der Waals surface area contributed by atoms with Gasteiger partial charge in [0.1, 0.15) is 6.04 Å². The van der Waals surface area contributed by atoms with Gasteiger partial charge in [0.2, 0.25) is 11.8 Å². The van der Waals surface area contributed by atoms with E-state index in [1.807, 2.05) is 12.1 Å². The summed E-state index contributed by atoms with van der Waals surface area (Å²) in [7, 11) is 0. The Kier molecular flexibility index (Phi) is 5.61. The van der Waals surface area contributed by atoms with E-state index >= 15 is 0 Å². The molecule has 2 aliphatic rings. The Morgan fingerprint density at radius 1 is 1.21 bits per heavy atom. The van der Waals surface area contributed by atoms with Crippen molar-refractivity contribution in [3.05, 3.63) is 53.1 Å². The maximum absolute atomic E-state index is 13.2. The monoisotopic (exact) mass is 391 g/mol. The molecule has 0 unspecified atom stereocenters. The third-order valence-corrected chi connectivity index (χ3v) is 5.99. The standard InChI is InChI=1S/C22H25N5O2/c23-11-15-6-8-16(9-7-15)12-24-21(28)20-10-18-19(26-14-25-18)13-27(20)22(29)17-4-2-1-3-5-17/h6-9,14,17,20H,1-5,10,12-13H2,(H,24,28)(H,25,26)/t20-/m0/s1. The van der Waals surface area contributed by atoms with E-state index in [0.717, 1.165) is 42.6 Å². The summed E-state index contributed by atoms with van der Waals surface area (Å²) in [6, 6.07) is 8.67. The smallest absolute Gasteiger partial charge is 0.243 e. The van der Waals surface area contributed by atoms with Gasteiger partial charge in [0.15, 0.2) is 0 Å². The van der Waals surface area contributed by atoms with Crippen molar-refractivity contribution in [1.29, 1.82) is 5.26 Å². The van der Waals surface area contributed by atoms with Gasteiger partial charge in [-0.3, -0.25) is 9.59 Å². The fourth-order valence-corrected chi connectivity index (χ4v) is 4.29. The predicted molar refractivity (Wildman–Crippen MR) is 106 cm³/mol. The Labute approximate surface area is 170 Å². The molecule has 4 rings (SSSR count). The number of hydrogen-bond donors (Lipinski definition) is 2. The van der Waals surface area contributed by atoms with Crippen LogP contribution in [0.15, 0.2) is 30.6 Å². The number of nitriles is 1. The first-order chi connectivity index (χ1) is 14.2. The Morgan fingerprint density at radius 2 is 1.97 bits per heavy atom. The second-order valence-corrected chi connectivity index (χ2v) is 7.88. The molecular formula is C22H25N5O2. The number of hydrogen-bond acceptors (Lipinski definition) is 4. The Balaban J connectivity index is 1.47. The number of nitrogens with zero attached hydrogens (tertiary/aromatic N) is 3. The minimum Gasteiger partial charge on any atom is -0.350 e. The van der Waals surface area contributed by atoms with E-state index in [4.69, 9.17) is 5.26 Å². The van der Waals surface area contributed by atoms with Gasteiger partial charge >= 0.3 is 0 Å². The molecule has 29 heavy (non-hydrogen) atoms. The molecular weight excluding hydrogens is 366 g/mol. The van der Waals surface area contributed by atoms with E-state index in [2.05, 4.69) is 21.4 Å². The van der Waals surface area contributed by atoms with Gasteiger partial charge < -0.3 is 15.2 Å². The molecule has 0 bridgehead atoms. The molecule has 1 aliphatic heterocycles. The van der Waals surface area contributed by atoms with Crippen LogP contribution in [0.5, 0.6) is 0 Å². The molecule has 7 heteroatoms. The molecule has 7 nitrogen and oxygen atoms in total. The number of carbonyl (C=O) groups is 2. The Hall–Kier alpha value is -3.14. The first kappa shape index (κ1) is 19.2. The van der Waals surface area contributed by atoms with E-state index in [9.17, 15) is 9.59 Å². The van der Waals surface area contributed by atoms with Crippen molar-refractivity contribution in [2.75, 3.05) is 0 Å². The molecule has 0 radical (unpaired) electrons. The first-order valence-corrected chi connectivity index (χ1v) is 10.2. The molecule has 1 aromatic carbocycles. The molecule has 0 spiro atoms. The van der Waals surface area contributed by atoms with Gasteiger partial charge in [0, 0.05) is 18.9 Å². The van der Waals surface area contributed by atoms with E-state index in [0.29, 0.717) is 25.1 Å². The number of H-pyrrole nitrogens is 1. The van der Waals surface area contributed by atoms with Crippen LogP contribution in [0.1, 0.15) is 54.6 Å². The van der Waals surface area contributed by atoms with E-state index < -0.39 is 6.04 Å². The largest absolute Gasteiger partial charge is 0.350 e. The van der Waals surface area contributed by atoms with Gasteiger partial charge in [-0.25, -0.2) is 4.98 Å². The van der Waals surface area contributed by atoms with Gasteiger partial charge in [-0.05, 0) is 30.5 Å². The highest BCUT2D eigenvalue weighted by Crippen LogP contribution is 2.29. The summed E-state index contributed by atoms with van der Waals surface area (Å²) in [5, 5.41) is 11.9. The van der Waals surface area contributed by atoms with Crippen LogP contribution in [0.2, 0.25) is 0 Å². The minimum atomic E-state index is -0.543. The topological polar surface area (TPSA) is 102 Å². The number of aromatic amines is 1. The lowest BCUT2D eigenvalue weighted by Crippen LogP contribution is -2.54. The Bertz CT molecular complexity index is 921. The Morgan fingerprint density at radius 3 is 2.69 bits per heavy atom. The van der Waals surface area contributed by atoms with Crippen molar-refractivity contribution < 1.29 is 9.59 Å². The molecule has 2 N–H and O–H groups in total. The summed E-state index contributed by atoms with van der Waals surface area (Å²) in [6.07, 6.45) is 7.21. The maximum atomic E-state index is 13.2. The molecule has 1 fully saturated rings. The van der Waals surface area contributed by atoms with Crippen LogP contribution in [-0.2, 0) is 29.1 Å². The quantitative estimate of drug-likeness (QED) is 0.836. The van der Waals surface area contributed by atoms with Crippen molar-refractivity contribution in [3.63, 3.8) is 0 Å². The highest BCUT2D eigenvalue weighted by Gasteiger charge is 2.38. The van der Waals surface area contributed by atoms with Gasteiger partial charge in [-0.1, -0.05) is 31.4 Å². The van der Waals surface area contributed by atoms with Crippen LogP contribution in [0.25, 0.3) is 0 Å². The van der Waals surface area contributed by atoms with Gasteiger partial charge in [-0.2, -0.15) is 5.26 Å². The first-order valence-electron chi connectivity index (χ1n) is 10.2. The fraction of sp³-hybridized carbons (Fsp3) is 0.455. The number of benzene rings is 1. The zero-order chi connectivity index (χ0) is 20.2. The molecule has 1 saturated carbocycles. The number of carbonyl (C=O) groups excluding carboxylic acids is 2. The molecule has 2 aromatic rings. The number of fused-ring (bicyclic) bond motifs is 1. The molecule has 1 aromatic heterocycles. The third-order valence-electron chi connectivity index (χ3n) is 5.99. The molecule has 0 saturated heterocycles. The summed E-state index contributed by atoms with van der Waals surface area (Å²) in [5.74, 6) is -0.0577. The fourth-order valence-electron chi connectivity index (χ4n) is 4.29. The normalized spacial score (nSPS) is 19.3. The lowest BCUT2D eigenvalue weighted by molar-refractivity contribution is -0.146. The van der Waals surface area contributed by atoms with Crippen LogP contribution in [0.3, 0.4) is 0 Å². The van der Waals surface area contributed by atoms with E-state index in [1.54, 1.807) is 23.4 Å². The SMILES string of the molecule is N#Cc1ccc(CNC(=O)[C@@H]2Cc3nc[nH]c3CN2C(=O)C2CCCCC2)cc1. The number of nitrogens with one attached hydrogen (secondary N) is 2. The van der Waals surface area contributed by atoms with Crippen LogP contribution in [0.4, 0.5) is 0 Å². The second kappa shape index (κ2) is 8.48. The van der Waals surface area contributed by atoms with Crippen molar-refractivity contribution >= 4 is 11.8 Å². The molecule has 1 atom stereocenters. The van der Waals surface area contributed by atoms with E-state index in [1.165, 1.54) is 6.42 Å². The van der Waals surface area contributed by atoms with Crippen molar-refractivity contribution in [2.24, 2.45) is 5.92 Å². The van der Waals surface area contributed by atoms with Crippen molar-refractivity contribution in [3.8, 4) is 6.07 Å². The van der Waals surface area contributed by atoms with Crippen LogP contribution in [0, 0.1) is 17.2 Å². The van der Waals surface area contributed by atoms with Crippen LogP contribution >= 0.6 is 0 Å². The van der Waals surface area contributed by atoms with Gasteiger partial charge in [0.25, 0.3) is 0 Å². The molecule has 1 aliphatic carbocycles. The number of imidazole rings is 1. The van der Waals surface area contributed by atoms with Crippen molar-refractivity contribution in [2.45, 2.75) is 57.7 Å². The number of rotatable bonds is 4. The summed E-state index contributed by atoms with van der Waals surface area (Å²) in [6.45, 7) is 0.763. The van der Waals surface area contributed by atoms with Gasteiger partial charge in [0.05, 0.1) is 35.9 Å². The zero-order valence-corrected chi connectivity index (χ0v) is 16.4. The highest BCUT2D eigenvalue weighted by molar-refractivity contribution is 5.89. The third kappa shape index (κ3) is 4.16. The van der Waals surface area contributed by atoms with Crippen LogP contribution < -0.4 is 5.32 Å². The average molecular weight is 391 g/mol. The molecule has 150 valence electrons. The van der Waals surface area contributed by atoms with Crippen molar-refractivity contribution in [1.82, 2.24) is 20.2 Å². The lowest BCUT2D eigenvalue weighted by Gasteiger charge is -2.37.